The number of nitrogens with one attached hydrogen (secondary N) is 2. The normalized spacial score (nSPS) is 12.4. The van der Waals surface area contributed by atoms with E-state index in [1.54, 1.807) is 0 Å². The topological polar surface area (TPSA) is 57.4 Å². The lowest BCUT2D eigenvalue weighted by Crippen LogP contribution is -1.94. The highest BCUT2D eigenvalue weighted by Crippen LogP contribution is 2.33. The van der Waals surface area contributed by atoms with Crippen LogP contribution in [0.25, 0.3) is 68.6 Å². The molecule has 5 aromatic rings. The molecule has 0 saturated heterocycles. The lowest BCUT2D eigenvalue weighted by Gasteiger charge is -2.08. The Bertz CT molecular complexity index is 2020. The first kappa shape index (κ1) is 26.9. The maximum Gasteiger partial charge on any atom is 0.0736 e. The van der Waals surface area contributed by atoms with Crippen molar-refractivity contribution in [3.63, 3.8) is 0 Å². The minimum Gasteiger partial charge on any atom is -0.355 e. The summed E-state index contributed by atoms with van der Waals surface area (Å²) in [5.41, 5.74) is 15.0. The number of fused-ring (bicyclic) bond motifs is 8. The van der Waals surface area contributed by atoms with Gasteiger partial charge >= 0.3 is 0 Å². The monoisotopic (exact) mass is 560 g/mol. The van der Waals surface area contributed by atoms with E-state index in [1.165, 1.54) is 11.1 Å². The molecule has 0 fully saturated rings. The zero-order valence-corrected chi connectivity index (χ0v) is 25.0. The van der Waals surface area contributed by atoms with Gasteiger partial charge in [0.1, 0.15) is 0 Å². The number of aryl methyl sites for hydroxylation is 1. The molecule has 5 heterocycles. The van der Waals surface area contributed by atoms with E-state index in [4.69, 9.17) is 9.97 Å². The lowest BCUT2D eigenvalue weighted by molar-refractivity contribution is 0.647. The summed E-state index contributed by atoms with van der Waals surface area (Å²) in [6.07, 6.45) is 11.7. The molecule has 2 N–H and O–H groups in total. The third-order valence-electron chi connectivity index (χ3n) is 8.07. The molecule has 2 aliphatic rings. The number of hydrogen-bond acceptors (Lipinski definition) is 2. The summed E-state index contributed by atoms with van der Waals surface area (Å²) in [6, 6.07) is 30.6. The van der Waals surface area contributed by atoms with Crippen molar-refractivity contribution in [2.45, 2.75) is 40.0 Å². The summed E-state index contributed by atoms with van der Waals surface area (Å²) in [6.45, 7) is 6.73. The van der Waals surface area contributed by atoms with Gasteiger partial charge in [-0.1, -0.05) is 75.7 Å². The fourth-order valence-electron chi connectivity index (χ4n) is 6.09. The fraction of sp³-hybridized carbons (Fsp3) is 0.179. The van der Waals surface area contributed by atoms with Crippen LogP contribution in [0.5, 0.6) is 0 Å². The van der Waals surface area contributed by atoms with Crippen LogP contribution in [0.3, 0.4) is 0 Å². The van der Waals surface area contributed by atoms with E-state index in [0.29, 0.717) is 5.92 Å². The van der Waals surface area contributed by atoms with E-state index in [1.807, 2.05) is 0 Å². The minimum atomic E-state index is 0.622. The Balaban J connectivity index is 1.45. The number of rotatable bonds is 6. The number of H-pyrrole nitrogens is 2. The summed E-state index contributed by atoms with van der Waals surface area (Å²) in [5.74, 6) is 0.622. The van der Waals surface area contributed by atoms with Crippen LogP contribution in [-0.2, 0) is 12.8 Å². The number of aromatic amines is 2. The van der Waals surface area contributed by atoms with Gasteiger partial charge in [-0.3, -0.25) is 0 Å². The molecule has 0 saturated carbocycles. The number of aromatic nitrogens is 4. The molecule has 0 unspecified atom stereocenters. The Labute approximate surface area is 252 Å². The second-order valence-corrected chi connectivity index (χ2v) is 11.9. The zero-order chi connectivity index (χ0) is 29.3. The summed E-state index contributed by atoms with van der Waals surface area (Å²) >= 11 is 0. The second kappa shape index (κ2) is 11.4. The Morgan fingerprint density at radius 3 is 1.53 bits per heavy atom. The van der Waals surface area contributed by atoms with Crippen molar-refractivity contribution in [2.75, 3.05) is 0 Å². The Hall–Kier alpha value is -4.96. The third-order valence-corrected chi connectivity index (χ3v) is 8.07. The van der Waals surface area contributed by atoms with Crippen LogP contribution in [0.2, 0.25) is 0 Å². The molecule has 4 heteroatoms. The van der Waals surface area contributed by atoms with Crippen molar-refractivity contribution < 1.29 is 0 Å². The van der Waals surface area contributed by atoms with Gasteiger partial charge in [-0.2, -0.15) is 0 Å². The van der Waals surface area contributed by atoms with Gasteiger partial charge < -0.3 is 9.97 Å². The van der Waals surface area contributed by atoms with Crippen molar-refractivity contribution in [3.8, 4) is 22.3 Å². The predicted molar refractivity (Wildman–Crippen MR) is 182 cm³/mol. The summed E-state index contributed by atoms with van der Waals surface area (Å²) < 4.78 is 0. The van der Waals surface area contributed by atoms with Gasteiger partial charge in [0.25, 0.3) is 0 Å². The van der Waals surface area contributed by atoms with Crippen molar-refractivity contribution in [1.29, 1.82) is 0 Å². The molecule has 0 atom stereocenters. The number of benzene rings is 2. The Morgan fingerprint density at radius 2 is 1.07 bits per heavy atom. The Morgan fingerprint density at radius 1 is 0.581 bits per heavy atom. The van der Waals surface area contributed by atoms with Gasteiger partial charge in [-0.15, -0.1) is 0 Å². The van der Waals surface area contributed by atoms with Crippen LogP contribution in [0.1, 0.15) is 61.1 Å². The zero-order valence-electron chi connectivity index (χ0n) is 25.0. The lowest BCUT2D eigenvalue weighted by atomic mass is 9.98. The van der Waals surface area contributed by atoms with Gasteiger partial charge in [0.15, 0.2) is 0 Å². The van der Waals surface area contributed by atoms with Crippen LogP contribution in [0.15, 0.2) is 84.9 Å². The molecular weight excluding hydrogens is 524 g/mol. The molecule has 4 nitrogen and oxygen atoms in total. The van der Waals surface area contributed by atoms with E-state index < -0.39 is 0 Å². The SMILES string of the molecule is CCCc1ccc(-c2c3nc(cc4ccc([nH]4)c(-c4ccc(CC(C)C)cc4)c4nc(cc5ccc2[nH]5)C=C4)C=C3)cc1. The molecular formula is C39H36N4. The average molecular weight is 561 g/mol. The van der Waals surface area contributed by atoms with Crippen molar-refractivity contribution in [1.82, 2.24) is 19.9 Å². The van der Waals surface area contributed by atoms with Gasteiger partial charge in [-0.05, 0) is 102 Å². The second-order valence-electron chi connectivity index (χ2n) is 11.9. The van der Waals surface area contributed by atoms with Gasteiger partial charge in [0, 0.05) is 33.2 Å². The predicted octanol–water partition coefficient (Wildman–Crippen LogP) is 10.1. The summed E-state index contributed by atoms with van der Waals surface area (Å²) in [4.78, 5) is 17.5. The largest absolute Gasteiger partial charge is 0.355 e. The maximum absolute atomic E-state index is 5.09. The molecule has 0 aliphatic carbocycles. The highest BCUT2D eigenvalue weighted by Gasteiger charge is 2.13. The van der Waals surface area contributed by atoms with Crippen LogP contribution in [-0.4, -0.2) is 19.9 Å². The van der Waals surface area contributed by atoms with Crippen molar-refractivity contribution >= 4 is 46.4 Å². The maximum atomic E-state index is 5.09. The van der Waals surface area contributed by atoms with E-state index >= 15 is 0 Å². The van der Waals surface area contributed by atoms with Crippen LogP contribution >= 0.6 is 0 Å². The Kier molecular flexibility index (Phi) is 7.12. The highest BCUT2D eigenvalue weighted by atomic mass is 14.8. The molecule has 2 aromatic carbocycles. The molecule has 43 heavy (non-hydrogen) atoms. The molecule has 0 spiro atoms. The highest BCUT2D eigenvalue weighted by molar-refractivity contribution is 5.93. The standard InChI is InChI=1S/C39H36N4/c1-4-5-26-6-10-28(11-7-26)38-34-18-14-30(40-34)23-32-16-20-36(42-32)39(29-12-8-27(9-13-29)22-25(2)3)37-21-17-33(43-37)24-31-15-19-35(38)41-31/h6-21,23-25,40,43H,4-5,22H2,1-3H3. The van der Waals surface area contributed by atoms with Crippen molar-refractivity contribution in [3.05, 3.63) is 119 Å². The minimum absolute atomic E-state index is 0.622. The molecule has 0 radical (unpaired) electrons. The van der Waals surface area contributed by atoms with Crippen LogP contribution in [0, 0.1) is 5.92 Å². The molecule has 3 aromatic heterocycles. The fourth-order valence-corrected chi connectivity index (χ4v) is 6.09. The van der Waals surface area contributed by atoms with Crippen molar-refractivity contribution in [2.24, 2.45) is 5.92 Å². The first-order valence-corrected chi connectivity index (χ1v) is 15.3. The molecule has 0 amide bonds. The molecule has 212 valence electrons. The van der Waals surface area contributed by atoms with E-state index in [-0.39, 0.29) is 0 Å². The van der Waals surface area contributed by atoms with Crippen LogP contribution < -0.4 is 0 Å². The first-order chi connectivity index (χ1) is 21.0. The quantitative estimate of drug-likeness (QED) is 0.213. The van der Waals surface area contributed by atoms with E-state index in [9.17, 15) is 0 Å². The molecule has 8 bridgehead atoms. The average Bonchev–Trinajstić information content (AvgIpc) is 3.81. The number of hydrogen-bond donors (Lipinski definition) is 2. The number of nitrogens with zero attached hydrogens (tertiary/aromatic N) is 2. The molecule has 2 aliphatic heterocycles. The van der Waals surface area contributed by atoms with E-state index in [0.717, 1.165) is 86.4 Å². The van der Waals surface area contributed by atoms with Gasteiger partial charge in [0.05, 0.1) is 22.8 Å². The third kappa shape index (κ3) is 5.61. The summed E-state index contributed by atoms with van der Waals surface area (Å²) in [7, 11) is 0. The van der Waals surface area contributed by atoms with Gasteiger partial charge in [-0.25, -0.2) is 9.97 Å². The van der Waals surface area contributed by atoms with Gasteiger partial charge in [0.2, 0.25) is 0 Å². The smallest absolute Gasteiger partial charge is 0.0736 e. The summed E-state index contributed by atoms with van der Waals surface area (Å²) in [5, 5.41) is 0. The van der Waals surface area contributed by atoms with Crippen LogP contribution in [0.4, 0.5) is 0 Å². The first-order valence-electron chi connectivity index (χ1n) is 15.3. The molecule has 7 rings (SSSR count). The van der Waals surface area contributed by atoms with E-state index in [2.05, 4.69) is 140 Å².